The summed E-state index contributed by atoms with van der Waals surface area (Å²) in [4.78, 5) is 27.9. The highest BCUT2D eigenvalue weighted by Crippen LogP contribution is 2.23. The van der Waals surface area contributed by atoms with Crippen molar-refractivity contribution in [3.63, 3.8) is 0 Å². The molecule has 0 aliphatic heterocycles. The second-order valence-electron chi connectivity index (χ2n) is 5.93. The van der Waals surface area contributed by atoms with Crippen LogP contribution in [0.25, 0.3) is 5.69 Å². The molecule has 0 radical (unpaired) electrons. The minimum absolute atomic E-state index is 0.187. The van der Waals surface area contributed by atoms with Gasteiger partial charge in [-0.2, -0.15) is 0 Å². The zero-order chi connectivity index (χ0) is 18.7. The van der Waals surface area contributed by atoms with Crippen LogP contribution in [0.2, 0.25) is 0 Å². The summed E-state index contributed by atoms with van der Waals surface area (Å²) >= 11 is 0. The molecule has 132 valence electrons. The molecule has 0 spiro atoms. The number of anilines is 1. The number of carbonyl (C=O) groups excluding carboxylic acids is 2. The number of hydrogen-bond donors (Lipinski definition) is 1. The van der Waals surface area contributed by atoms with E-state index in [0.29, 0.717) is 17.0 Å². The van der Waals surface area contributed by atoms with Crippen molar-refractivity contribution in [3.8, 4) is 11.4 Å². The molecule has 1 amide bonds. The summed E-state index contributed by atoms with van der Waals surface area (Å²) in [6.45, 7) is 5.21. The summed E-state index contributed by atoms with van der Waals surface area (Å²) in [5.74, 6) is -0.269. The first-order chi connectivity index (χ1) is 12.5. The van der Waals surface area contributed by atoms with Gasteiger partial charge in [-0.25, -0.2) is 4.79 Å². The number of carbonyl (C=O) groups is 2. The maximum atomic E-state index is 12.6. The van der Waals surface area contributed by atoms with Gasteiger partial charge in [0.05, 0.1) is 17.4 Å². The Hall–Kier alpha value is -3.41. The van der Waals surface area contributed by atoms with Crippen molar-refractivity contribution in [1.29, 1.82) is 0 Å². The molecule has 1 aromatic carbocycles. The van der Waals surface area contributed by atoms with E-state index in [-0.39, 0.29) is 5.91 Å². The first-order valence-electron chi connectivity index (χ1n) is 8.15. The van der Waals surface area contributed by atoms with E-state index in [1.165, 1.54) is 6.92 Å². The third-order valence-corrected chi connectivity index (χ3v) is 3.92. The first kappa shape index (κ1) is 17.4. The van der Waals surface area contributed by atoms with Crippen molar-refractivity contribution in [1.82, 2.24) is 9.55 Å². The van der Waals surface area contributed by atoms with Gasteiger partial charge in [0, 0.05) is 36.3 Å². The van der Waals surface area contributed by atoms with Crippen LogP contribution in [-0.4, -0.2) is 21.4 Å². The fourth-order valence-electron chi connectivity index (χ4n) is 2.86. The van der Waals surface area contributed by atoms with Crippen molar-refractivity contribution in [2.24, 2.45) is 0 Å². The highest BCUT2D eigenvalue weighted by Gasteiger charge is 2.18. The Morgan fingerprint density at radius 3 is 2.62 bits per heavy atom. The molecule has 6 nitrogen and oxygen atoms in total. The van der Waals surface area contributed by atoms with E-state index in [2.05, 4.69) is 10.3 Å². The van der Waals surface area contributed by atoms with Gasteiger partial charge in [-0.1, -0.05) is 6.07 Å². The minimum atomic E-state index is -0.451. The summed E-state index contributed by atoms with van der Waals surface area (Å²) in [5, 5.41) is 2.66. The molecule has 0 atom stereocenters. The van der Waals surface area contributed by atoms with E-state index in [0.717, 1.165) is 17.1 Å². The minimum Gasteiger partial charge on any atom is -0.423 e. The van der Waals surface area contributed by atoms with E-state index < -0.39 is 5.97 Å². The lowest BCUT2D eigenvalue weighted by atomic mass is 10.2. The highest BCUT2D eigenvalue weighted by atomic mass is 16.5. The molecule has 0 aliphatic carbocycles. The maximum absolute atomic E-state index is 12.6. The smallest absolute Gasteiger partial charge is 0.345 e. The summed E-state index contributed by atoms with van der Waals surface area (Å²) in [6, 6.07) is 12.3. The summed E-state index contributed by atoms with van der Waals surface area (Å²) in [6.07, 6.45) is 3.45. The zero-order valence-corrected chi connectivity index (χ0v) is 14.8. The predicted molar refractivity (Wildman–Crippen MR) is 98.7 cm³/mol. The standard InChI is InChI=1S/C20H19N3O3/c1-13-10-19(14(2)23(13)17-7-5-9-21-12-17)20(25)26-18-8-4-6-16(11-18)22-15(3)24/h4-12H,1-3H3,(H,22,24). The molecule has 0 bridgehead atoms. The van der Waals surface area contributed by atoms with Crippen molar-refractivity contribution < 1.29 is 14.3 Å². The molecule has 0 unspecified atom stereocenters. The van der Waals surface area contributed by atoms with Crippen LogP contribution < -0.4 is 10.1 Å². The number of ether oxygens (including phenoxy) is 1. The fraction of sp³-hybridized carbons (Fsp3) is 0.150. The van der Waals surface area contributed by atoms with Gasteiger partial charge in [0.15, 0.2) is 0 Å². The lowest BCUT2D eigenvalue weighted by Crippen LogP contribution is -2.11. The second-order valence-corrected chi connectivity index (χ2v) is 5.93. The number of aromatic nitrogens is 2. The van der Waals surface area contributed by atoms with Gasteiger partial charge in [-0.05, 0) is 44.2 Å². The molecule has 1 N–H and O–H groups in total. The van der Waals surface area contributed by atoms with E-state index in [1.807, 2.05) is 30.5 Å². The van der Waals surface area contributed by atoms with Crippen LogP contribution in [0.4, 0.5) is 5.69 Å². The summed E-state index contributed by atoms with van der Waals surface area (Å²) in [7, 11) is 0. The summed E-state index contributed by atoms with van der Waals surface area (Å²) in [5.41, 5.74) is 3.63. The largest absolute Gasteiger partial charge is 0.423 e. The monoisotopic (exact) mass is 349 g/mol. The third kappa shape index (κ3) is 3.64. The predicted octanol–water partition coefficient (Wildman–Crippen LogP) is 3.67. The van der Waals surface area contributed by atoms with Crippen LogP contribution in [0.15, 0.2) is 54.9 Å². The lowest BCUT2D eigenvalue weighted by molar-refractivity contribution is -0.114. The van der Waals surface area contributed by atoms with Gasteiger partial charge in [0.1, 0.15) is 5.75 Å². The van der Waals surface area contributed by atoms with Gasteiger partial charge < -0.3 is 14.6 Å². The third-order valence-electron chi connectivity index (χ3n) is 3.92. The number of aryl methyl sites for hydroxylation is 1. The number of nitrogens with one attached hydrogen (secondary N) is 1. The normalized spacial score (nSPS) is 10.4. The van der Waals surface area contributed by atoms with Gasteiger partial charge in [0.2, 0.25) is 5.91 Å². The Kier molecular flexibility index (Phi) is 4.84. The van der Waals surface area contributed by atoms with Crippen molar-refractivity contribution in [2.45, 2.75) is 20.8 Å². The van der Waals surface area contributed by atoms with Crippen LogP contribution in [0.3, 0.4) is 0 Å². The van der Waals surface area contributed by atoms with E-state index >= 15 is 0 Å². The Balaban J connectivity index is 1.86. The number of nitrogens with zero attached hydrogens (tertiary/aromatic N) is 2. The zero-order valence-electron chi connectivity index (χ0n) is 14.8. The van der Waals surface area contributed by atoms with Crippen molar-refractivity contribution >= 4 is 17.6 Å². The molecule has 26 heavy (non-hydrogen) atoms. The Bertz CT molecular complexity index is 962. The van der Waals surface area contributed by atoms with Crippen LogP contribution in [-0.2, 0) is 4.79 Å². The second kappa shape index (κ2) is 7.23. The van der Waals surface area contributed by atoms with Crippen LogP contribution in [0, 0.1) is 13.8 Å². The van der Waals surface area contributed by atoms with Gasteiger partial charge in [-0.3, -0.25) is 9.78 Å². The molecular formula is C20H19N3O3. The van der Waals surface area contributed by atoms with Gasteiger partial charge in [-0.15, -0.1) is 0 Å². The van der Waals surface area contributed by atoms with Crippen LogP contribution in [0.1, 0.15) is 28.7 Å². The molecule has 3 rings (SSSR count). The molecule has 3 aromatic rings. The number of rotatable bonds is 4. The molecule has 2 aromatic heterocycles. The highest BCUT2D eigenvalue weighted by molar-refractivity contribution is 5.93. The molecule has 0 aliphatic rings. The van der Waals surface area contributed by atoms with E-state index in [9.17, 15) is 9.59 Å². The Morgan fingerprint density at radius 1 is 1.12 bits per heavy atom. The molecule has 0 fully saturated rings. The summed E-state index contributed by atoms with van der Waals surface area (Å²) < 4.78 is 7.44. The van der Waals surface area contributed by atoms with Crippen molar-refractivity contribution in [3.05, 3.63) is 71.8 Å². The maximum Gasteiger partial charge on any atom is 0.345 e. The van der Waals surface area contributed by atoms with E-state index in [1.54, 1.807) is 42.7 Å². The van der Waals surface area contributed by atoms with Crippen LogP contribution in [0.5, 0.6) is 5.75 Å². The number of hydrogen-bond acceptors (Lipinski definition) is 4. The quantitative estimate of drug-likeness (QED) is 0.576. The lowest BCUT2D eigenvalue weighted by Gasteiger charge is -2.09. The molecule has 2 heterocycles. The molecule has 0 saturated heterocycles. The molecule has 6 heteroatoms. The number of amides is 1. The van der Waals surface area contributed by atoms with E-state index in [4.69, 9.17) is 4.74 Å². The van der Waals surface area contributed by atoms with Crippen LogP contribution >= 0.6 is 0 Å². The number of esters is 1. The Labute approximate surface area is 151 Å². The number of pyridine rings is 1. The Morgan fingerprint density at radius 2 is 1.92 bits per heavy atom. The first-order valence-corrected chi connectivity index (χ1v) is 8.15. The average Bonchev–Trinajstić information content (AvgIpc) is 2.90. The average molecular weight is 349 g/mol. The molecule has 0 saturated carbocycles. The fourth-order valence-corrected chi connectivity index (χ4v) is 2.86. The molecular weight excluding hydrogens is 330 g/mol. The van der Waals surface area contributed by atoms with Gasteiger partial charge >= 0.3 is 5.97 Å². The number of benzene rings is 1. The SMILES string of the molecule is CC(=O)Nc1cccc(OC(=O)c2cc(C)n(-c3cccnc3)c2C)c1. The van der Waals surface area contributed by atoms with Gasteiger partial charge in [0.25, 0.3) is 0 Å². The van der Waals surface area contributed by atoms with Crippen molar-refractivity contribution in [2.75, 3.05) is 5.32 Å². The topological polar surface area (TPSA) is 73.2 Å².